The summed E-state index contributed by atoms with van der Waals surface area (Å²) in [5.74, 6) is -0.130. The minimum atomic E-state index is -0.167. The third-order valence-electron chi connectivity index (χ3n) is 3.12. The summed E-state index contributed by atoms with van der Waals surface area (Å²) in [6.07, 6.45) is 1.34. The van der Waals surface area contributed by atoms with Gasteiger partial charge in [-0.1, -0.05) is 26.0 Å². The van der Waals surface area contributed by atoms with Gasteiger partial charge in [-0.15, -0.1) is 0 Å². The summed E-state index contributed by atoms with van der Waals surface area (Å²) < 4.78 is 13.5. The molecule has 0 spiro atoms. The van der Waals surface area contributed by atoms with Crippen molar-refractivity contribution in [1.29, 1.82) is 0 Å². The highest BCUT2D eigenvalue weighted by Crippen LogP contribution is 2.14. The third-order valence-corrected chi connectivity index (χ3v) is 3.12. The highest BCUT2D eigenvalue weighted by Gasteiger charge is 2.06. The highest BCUT2D eigenvalue weighted by atomic mass is 19.1. The second-order valence-corrected chi connectivity index (χ2v) is 5.53. The van der Waals surface area contributed by atoms with Gasteiger partial charge in [-0.25, -0.2) is 4.39 Å². The molecule has 0 saturated heterocycles. The predicted octanol–water partition coefficient (Wildman–Crippen LogP) is 2.84. The lowest BCUT2D eigenvalue weighted by atomic mass is 10.1. The molecular formula is C16H25FN2O. The molecule has 20 heavy (non-hydrogen) atoms. The molecule has 2 N–H and O–H groups in total. The Bertz CT molecular complexity index is 435. The first-order valence-electron chi connectivity index (χ1n) is 7.16. The molecule has 0 fully saturated rings. The SMILES string of the molecule is Cc1cc(CNC(=O)CCCNC(C)C)cc(C)c1F. The molecule has 0 heterocycles. The van der Waals surface area contributed by atoms with E-state index in [9.17, 15) is 9.18 Å². The van der Waals surface area contributed by atoms with E-state index in [1.807, 2.05) is 0 Å². The Kier molecular flexibility index (Phi) is 6.65. The number of benzene rings is 1. The second kappa shape index (κ2) is 8.00. The van der Waals surface area contributed by atoms with E-state index in [0.29, 0.717) is 30.1 Å². The fourth-order valence-corrected chi connectivity index (χ4v) is 2.07. The van der Waals surface area contributed by atoms with Crippen LogP contribution in [0.3, 0.4) is 0 Å². The normalized spacial score (nSPS) is 10.9. The largest absolute Gasteiger partial charge is 0.352 e. The molecule has 0 aromatic heterocycles. The van der Waals surface area contributed by atoms with Gasteiger partial charge in [0.25, 0.3) is 0 Å². The number of carbonyl (C=O) groups excluding carboxylic acids is 1. The molecule has 1 aromatic carbocycles. The van der Waals surface area contributed by atoms with Crippen molar-refractivity contribution >= 4 is 5.91 Å². The van der Waals surface area contributed by atoms with Crippen molar-refractivity contribution in [3.05, 3.63) is 34.6 Å². The van der Waals surface area contributed by atoms with Gasteiger partial charge in [-0.05, 0) is 43.5 Å². The first-order chi connectivity index (χ1) is 9.40. The van der Waals surface area contributed by atoms with Crippen molar-refractivity contribution in [3.8, 4) is 0 Å². The molecule has 0 saturated carbocycles. The van der Waals surface area contributed by atoms with Crippen LogP contribution >= 0.6 is 0 Å². The number of amides is 1. The number of hydrogen-bond donors (Lipinski definition) is 2. The maximum Gasteiger partial charge on any atom is 0.220 e. The number of aryl methyl sites for hydroxylation is 2. The van der Waals surface area contributed by atoms with Crippen LogP contribution in [0.5, 0.6) is 0 Å². The van der Waals surface area contributed by atoms with Crippen LogP contribution in [0.1, 0.15) is 43.4 Å². The monoisotopic (exact) mass is 280 g/mol. The molecule has 0 aliphatic rings. The van der Waals surface area contributed by atoms with Gasteiger partial charge < -0.3 is 10.6 Å². The van der Waals surface area contributed by atoms with Gasteiger partial charge in [-0.3, -0.25) is 4.79 Å². The topological polar surface area (TPSA) is 41.1 Å². The maximum absolute atomic E-state index is 13.5. The summed E-state index contributed by atoms with van der Waals surface area (Å²) in [5, 5.41) is 6.15. The van der Waals surface area contributed by atoms with Crippen LogP contribution in [0.4, 0.5) is 4.39 Å². The average Bonchev–Trinajstić information content (AvgIpc) is 2.38. The summed E-state index contributed by atoms with van der Waals surface area (Å²) in [7, 11) is 0. The molecule has 3 nitrogen and oxygen atoms in total. The van der Waals surface area contributed by atoms with E-state index < -0.39 is 0 Å². The zero-order valence-corrected chi connectivity index (χ0v) is 12.8. The Balaban J connectivity index is 2.34. The summed E-state index contributed by atoms with van der Waals surface area (Å²) in [4.78, 5) is 11.7. The smallest absolute Gasteiger partial charge is 0.220 e. The lowest BCUT2D eigenvalue weighted by molar-refractivity contribution is -0.121. The Labute approximate surface area is 121 Å². The van der Waals surface area contributed by atoms with Crippen LogP contribution in [0, 0.1) is 19.7 Å². The van der Waals surface area contributed by atoms with Gasteiger partial charge in [0, 0.05) is 19.0 Å². The Morgan fingerprint density at radius 1 is 1.25 bits per heavy atom. The van der Waals surface area contributed by atoms with Gasteiger partial charge in [0.05, 0.1) is 0 Å². The molecule has 112 valence electrons. The van der Waals surface area contributed by atoms with Crippen LogP contribution < -0.4 is 10.6 Å². The Morgan fingerprint density at radius 3 is 2.40 bits per heavy atom. The van der Waals surface area contributed by atoms with E-state index in [-0.39, 0.29) is 11.7 Å². The molecule has 0 aliphatic carbocycles. The fourth-order valence-electron chi connectivity index (χ4n) is 2.07. The molecule has 0 aliphatic heterocycles. The number of rotatable bonds is 7. The van der Waals surface area contributed by atoms with Crippen molar-refractivity contribution in [1.82, 2.24) is 10.6 Å². The highest BCUT2D eigenvalue weighted by molar-refractivity contribution is 5.75. The van der Waals surface area contributed by atoms with Gasteiger partial charge in [0.2, 0.25) is 5.91 Å². The summed E-state index contributed by atoms with van der Waals surface area (Å²) in [6, 6.07) is 4.01. The molecule has 0 atom stereocenters. The molecular weight excluding hydrogens is 255 g/mol. The first-order valence-corrected chi connectivity index (χ1v) is 7.16. The van der Waals surface area contributed by atoms with Gasteiger partial charge >= 0.3 is 0 Å². The Morgan fingerprint density at radius 2 is 1.85 bits per heavy atom. The fraction of sp³-hybridized carbons (Fsp3) is 0.562. The van der Waals surface area contributed by atoms with E-state index in [1.165, 1.54) is 0 Å². The molecule has 4 heteroatoms. The van der Waals surface area contributed by atoms with Crippen LogP contribution in [-0.2, 0) is 11.3 Å². The van der Waals surface area contributed by atoms with Crippen molar-refractivity contribution in [3.63, 3.8) is 0 Å². The van der Waals surface area contributed by atoms with Crippen molar-refractivity contribution in [2.45, 2.75) is 53.1 Å². The molecule has 0 unspecified atom stereocenters. The second-order valence-electron chi connectivity index (χ2n) is 5.53. The molecule has 0 radical (unpaired) electrons. The van der Waals surface area contributed by atoms with E-state index >= 15 is 0 Å². The van der Waals surface area contributed by atoms with Crippen LogP contribution in [0.15, 0.2) is 12.1 Å². The number of halogens is 1. The third kappa shape index (κ3) is 5.70. The Hall–Kier alpha value is -1.42. The zero-order chi connectivity index (χ0) is 15.1. The van der Waals surface area contributed by atoms with Crippen LogP contribution in [-0.4, -0.2) is 18.5 Å². The summed E-state index contributed by atoms with van der Waals surface area (Å²) >= 11 is 0. The quantitative estimate of drug-likeness (QED) is 0.754. The van der Waals surface area contributed by atoms with E-state index in [0.717, 1.165) is 18.5 Å². The first kappa shape index (κ1) is 16.6. The van der Waals surface area contributed by atoms with E-state index in [4.69, 9.17) is 0 Å². The summed E-state index contributed by atoms with van der Waals surface area (Å²) in [6.45, 7) is 8.95. The van der Waals surface area contributed by atoms with Crippen molar-refractivity contribution < 1.29 is 9.18 Å². The number of carbonyl (C=O) groups is 1. The molecule has 1 rings (SSSR count). The van der Waals surface area contributed by atoms with Crippen LogP contribution in [0.25, 0.3) is 0 Å². The molecule has 0 bridgehead atoms. The lowest BCUT2D eigenvalue weighted by Crippen LogP contribution is -2.27. The molecule has 1 aromatic rings. The molecule has 1 amide bonds. The minimum Gasteiger partial charge on any atom is -0.352 e. The average molecular weight is 280 g/mol. The van der Waals surface area contributed by atoms with E-state index in [1.54, 1.807) is 26.0 Å². The maximum atomic E-state index is 13.5. The minimum absolute atomic E-state index is 0.0372. The van der Waals surface area contributed by atoms with Crippen molar-refractivity contribution in [2.75, 3.05) is 6.54 Å². The number of nitrogens with one attached hydrogen (secondary N) is 2. The van der Waals surface area contributed by atoms with Gasteiger partial charge in [0.1, 0.15) is 5.82 Å². The van der Waals surface area contributed by atoms with E-state index in [2.05, 4.69) is 24.5 Å². The lowest BCUT2D eigenvalue weighted by Gasteiger charge is -2.10. The summed E-state index contributed by atoms with van der Waals surface area (Å²) in [5.41, 5.74) is 2.18. The van der Waals surface area contributed by atoms with Crippen LogP contribution in [0.2, 0.25) is 0 Å². The zero-order valence-electron chi connectivity index (χ0n) is 12.8. The number of hydrogen-bond acceptors (Lipinski definition) is 2. The predicted molar refractivity (Wildman–Crippen MR) is 80.1 cm³/mol. The van der Waals surface area contributed by atoms with Crippen molar-refractivity contribution in [2.24, 2.45) is 0 Å². The standard InChI is InChI=1S/C16H25FN2O/c1-11(2)18-7-5-6-15(20)19-10-14-8-12(3)16(17)13(4)9-14/h8-9,11,18H,5-7,10H2,1-4H3,(H,19,20). The van der Waals surface area contributed by atoms with Gasteiger partial charge in [0.15, 0.2) is 0 Å². The van der Waals surface area contributed by atoms with Gasteiger partial charge in [-0.2, -0.15) is 0 Å².